The molecule has 2 amide bonds. The van der Waals surface area contributed by atoms with Gasteiger partial charge in [-0.05, 0) is 52.8 Å². The summed E-state index contributed by atoms with van der Waals surface area (Å²) in [5, 5.41) is 21.2. The number of carbonyl (C=O) groups excluding carboxylic acids is 2. The fourth-order valence-electron chi connectivity index (χ4n) is 3.83. The Morgan fingerprint density at radius 3 is 2.26 bits per heavy atom. The van der Waals surface area contributed by atoms with Gasteiger partial charge in [0.15, 0.2) is 0 Å². The van der Waals surface area contributed by atoms with Crippen molar-refractivity contribution in [3.63, 3.8) is 0 Å². The van der Waals surface area contributed by atoms with Gasteiger partial charge in [-0.25, -0.2) is 9.42 Å². The molecular formula is C24H24N4O6. The van der Waals surface area contributed by atoms with Crippen molar-refractivity contribution in [1.29, 1.82) is 0 Å². The molecule has 1 aromatic heterocycles. The molecule has 0 spiro atoms. The number of hydrogen-bond acceptors (Lipinski definition) is 7. The fourth-order valence-corrected chi connectivity index (χ4v) is 3.83. The zero-order valence-corrected chi connectivity index (χ0v) is 18.7. The molecule has 4 rings (SSSR count). The van der Waals surface area contributed by atoms with E-state index < -0.39 is 23.4 Å². The first-order chi connectivity index (χ1) is 16.3. The van der Waals surface area contributed by atoms with E-state index in [0.29, 0.717) is 0 Å². The van der Waals surface area contributed by atoms with E-state index in [0.717, 1.165) is 22.3 Å². The summed E-state index contributed by atoms with van der Waals surface area (Å²) in [6.45, 7) is 3.30. The Labute approximate surface area is 195 Å². The maximum absolute atomic E-state index is 12.4. The SMILES string of the molecule is CC(C)(CCNC(=O)c1nonc1NC(=O)OCC1c2ccccc2-c2ccccc21)C(=O)O. The van der Waals surface area contributed by atoms with Gasteiger partial charge in [0.2, 0.25) is 11.5 Å². The number of aliphatic carboxylic acids is 1. The summed E-state index contributed by atoms with van der Waals surface area (Å²) in [4.78, 5) is 36.0. The van der Waals surface area contributed by atoms with Crippen LogP contribution in [0.25, 0.3) is 11.1 Å². The standard InChI is InChI=1S/C24H24N4O6/c1-24(2,22(30)31)11-12-25-21(29)19-20(28-34-27-19)26-23(32)33-13-18-16-9-5-3-7-14(16)15-8-4-6-10-17(15)18/h3-10,18H,11-13H2,1-2H3,(H,25,29)(H,30,31)(H,26,28,32). The summed E-state index contributed by atoms with van der Waals surface area (Å²) < 4.78 is 10.0. The van der Waals surface area contributed by atoms with Crippen molar-refractivity contribution >= 4 is 23.8 Å². The van der Waals surface area contributed by atoms with Crippen molar-refractivity contribution in [1.82, 2.24) is 15.6 Å². The topological polar surface area (TPSA) is 144 Å². The lowest BCUT2D eigenvalue weighted by Gasteiger charge is -2.18. The van der Waals surface area contributed by atoms with E-state index in [1.807, 2.05) is 48.5 Å². The van der Waals surface area contributed by atoms with Gasteiger partial charge in [0, 0.05) is 12.5 Å². The summed E-state index contributed by atoms with van der Waals surface area (Å²) in [6.07, 6.45) is -0.604. The predicted molar refractivity (Wildman–Crippen MR) is 121 cm³/mol. The molecule has 0 unspecified atom stereocenters. The largest absolute Gasteiger partial charge is 0.481 e. The second-order valence-corrected chi connectivity index (χ2v) is 8.61. The van der Waals surface area contributed by atoms with Gasteiger partial charge in [0.25, 0.3) is 5.91 Å². The predicted octanol–water partition coefficient (Wildman–Crippen LogP) is 3.66. The number of amides is 2. The van der Waals surface area contributed by atoms with Crippen molar-refractivity contribution in [2.24, 2.45) is 5.41 Å². The number of carboxylic acid groups (broad SMARTS) is 1. The van der Waals surface area contributed by atoms with Gasteiger partial charge < -0.3 is 15.2 Å². The molecule has 1 aliphatic carbocycles. The van der Waals surface area contributed by atoms with Crippen molar-refractivity contribution in [2.45, 2.75) is 26.2 Å². The average Bonchev–Trinajstić information content (AvgIpc) is 3.40. The average molecular weight is 464 g/mol. The van der Waals surface area contributed by atoms with E-state index in [9.17, 15) is 14.4 Å². The molecule has 176 valence electrons. The van der Waals surface area contributed by atoms with Crippen LogP contribution in [-0.4, -0.2) is 46.5 Å². The molecule has 0 atom stereocenters. The minimum absolute atomic E-state index is 0.0926. The van der Waals surface area contributed by atoms with Gasteiger partial charge >= 0.3 is 12.1 Å². The number of anilines is 1. The zero-order valence-electron chi connectivity index (χ0n) is 18.7. The highest BCUT2D eigenvalue weighted by atomic mass is 16.6. The molecule has 34 heavy (non-hydrogen) atoms. The first-order valence-electron chi connectivity index (χ1n) is 10.7. The molecule has 10 heteroatoms. The van der Waals surface area contributed by atoms with E-state index in [1.165, 1.54) is 0 Å². The lowest BCUT2D eigenvalue weighted by Crippen LogP contribution is -2.32. The van der Waals surface area contributed by atoms with Crippen LogP contribution in [0.15, 0.2) is 53.2 Å². The quantitative estimate of drug-likeness (QED) is 0.458. The number of nitrogens with zero attached hydrogens (tertiary/aromatic N) is 2. The normalized spacial score (nSPS) is 12.5. The van der Waals surface area contributed by atoms with Crippen molar-refractivity contribution in [2.75, 3.05) is 18.5 Å². The number of carbonyl (C=O) groups is 3. The monoisotopic (exact) mass is 464 g/mol. The molecule has 2 aromatic carbocycles. The highest BCUT2D eigenvalue weighted by Crippen LogP contribution is 2.44. The van der Waals surface area contributed by atoms with Crippen LogP contribution in [-0.2, 0) is 9.53 Å². The first kappa shape index (κ1) is 23.0. The molecule has 0 aliphatic heterocycles. The van der Waals surface area contributed by atoms with Gasteiger partial charge in [-0.3, -0.25) is 14.9 Å². The van der Waals surface area contributed by atoms with E-state index in [4.69, 9.17) is 9.84 Å². The summed E-state index contributed by atoms with van der Waals surface area (Å²) in [5.41, 5.74) is 3.13. The van der Waals surface area contributed by atoms with Crippen LogP contribution >= 0.6 is 0 Å². The number of nitrogens with one attached hydrogen (secondary N) is 2. The molecule has 0 saturated carbocycles. The minimum Gasteiger partial charge on any atom is -0.481 e. The van der Waals surface area contributed by atoms with Crippen LogP contribution in [0, 0.1) is 5.41 Å². The number of carboxylic acids is 1. The summed E-state index contributed by atoms with van der Waals surface area (Å²) in [6, 6.07) is 15.9. The van der Waals surface area contributed by atoms with Crippen LogP contribution < -0.4 is 10.6 Å². The van der Waals surface area contributed by atoms with Crippen LogP contribution in [0.3, 0.4) is 0 Å². The Morgan fingerprint density at radius 1 is 1.03 bits per heavy atom. The first-order valence-corrected chi connectivity index (χ1v) is 10.7. The van der Waals surface area contributed by atoms with Crippen molar-refractivity contribution in [3.8, 4) is 11.1 Å². The maximum atomic E-state index is 12.4. The van der Waals surface area contributed by atoms with Crippen LogP contribution in [0.5, 0.6) is 0 Å². The lowest BCUT2D eigenvalue weighted by molar-refractivity contribution is -0.147. The summed E-state index contributed by atoms with van der Waals surface area (Å²) in [5.74, 6) is -1.93. The molecule has 3 aromatic rings. The van der Waals surface area contributed by atoms with Gasteiger partial charge in [-0.2, -0.15) is 0 Å². The Morgan fingerprint density at radius 2 is 1.65 bits per heavy atom. The third-order valence-corrected chi connectivity index (χ3v) is 5.88. The zero-order chi connectivity index (χ0) is 24.3. The van der Waals surface area contributed by atoms with Crippen LogP contribution in [0.1, 0.15) is 47.8 Å². The molecule has 3 N–H and O–H groups in total. The molecule has 0 bridgehead atoms. The van der Waals surface area contributed by atoms with Gasteiger partial charge in [0.05, 0.1) is 5.41 Å². The minimum atomic E-state index is -1.00. The molecule has 1 aliphatic rings. The Kier molecular flexibility index (Phi) is 6.31. The smallest absolute Gasteiger partial charge is 0.412 e. The fraction of sp³-hybridized carbons (Fsp3) is 0.292. The highest BCUT2D eigenvalue weighted by molar-refractivity contribution is 5.99. The third kappa shape index (κ3) is 4.61. The van der Waals surface area contributed by atoms with Crippen LogP contribution in [0.4, 0.5) is 10.6 Å². The number of benzene rings is 2. The van der Waals surface area contributed by atoms with Gasteiger partial charge in [-0.1, -0.05) is 48.5 Å². The Hall–Kier alpha value is -4.21. The van der Waals surface area contributed by atoms with E-state index in [2.05, 4.69) is 25.6 Å². The number of hydrogen-bond donors (Lipinski definition) is 3. The van der Waals surface area contributed by atoms with Crippen LogP contribution in [0.2, 0.25) is 0 Å². The number of fused-ring (bicyclic) bond motifs is 3. The number of rotatable bonds is 8. The highest BCUT2D eigenvalue weighted by Gasteiger charge is 2.30. The van der Waals surface area contributed by atoms with Crippen molar-refractivity contribution < 1.29 is 28.9 Å². The van der Waals surface area contributed by atoms with E-state index in [1.54, 1.807) is 13.8 Å². The van der Waals surface area contributed by atoms with Crippen molar-refractivity contribution in [3.05, 3.63) is 65.4 Å². The molecule has 0 radical (unpaired) electrons. The second kappa shape index (κ2) is 9.34. The molecule has 10 nitrogen and oxygen atoms in total. The Balaban J connectivity index is 1.36. The molecule has 0 saturated heterocycles. The Bertz CT molecular complexity index is 1190. The van der Waals surface area contributed by atoms with E-state index in [-0.39, 0.29) is 37.0 Å². The van der Waals surface area contributed by atoms with Gasteiger partial charge in [-0.15, -0.1) is 0 Å². The lowest BCUT2D eigenvalue weighted by atomic mass is 9.90. The second-order valence-electron chi connectivity index (χ2n) is 8.61. The third-order valence-electron chi connectivity index (χ3n) is 5.88. The summed E-state index contributed by atoms with van der Waals surface area (Å²) >= 11 is 0. The summed E-state index contributed by atoms with van der Waals surface area (Å²) in [7, 11) is 0. The maximum Gasteiger partial charge on any atom is 0.412 e. The number of ether oxygens (including phenoxy) is 1. The number of aromatic nitrogens is 2. The molecular weight excluding hydrogens is 440 g/mol. The molecule has 1 heterocycles. The van der Waals surface area contributed by atoms with E-state index >= 15 is 0 Å². The molecule has 0 fully saturated rings. The van der Waals surface area contributed by atoms with Gasteiger partial charge in [0.1, 0.15) is 6.61 Å².